The molecule has 0 radical (unpaired) electrons. The highest BCUT2D eigenvalue weighted by atomic mass is 32.2. The predicted octanol–water partition coefficient (Wildman–Crippen LogP) is 5.09. The number of nitrogens with zero attached hydrogens (tertiary/aromatic N) is 1. The van der Waals surface area contributed by atoms with Crippen molar-refractivity contribution in [1.82, 2.24) is 10.3 Å². The molecule has 1 aliphatic rings. The Morgan fingerprint density at radius 1 is 1.16 bits per heavy atom. The molecule has 1 aliphatic carbocycles. The summed E-state index contributed by atoms with van der Waals surface area (Å²) in [5.74, 6) is -0.163. The number of halogens is 1. The molecule has 0 saturated heterocycles. The van der Waals surface area contributed by atoms with Gasteiger partial charge in [0.15, 0.2) is 0 Å². The van der Waals surface area contributed by atoms with Gasteiger partial charge in [-0.05, 0) is 65.8 Å². The van der Waals surface area contributed by atoms with Crippen molar-refractivity contribution in [3.8, 4) is 5.75 Å². The highest BCUT2D eigenvalue weighted by Crippen LogP contribution is 2.31. The van der Waals surface area contributed by atoms with Gasteiger partial charge in [-0.1, -0.05) is 36.8 Å². The van der Waals surface area contributed by atoms with Crippen LogP contribution in [0.2, 0.25) is 0 Å². The van der Waals surface area contributed by atoms with Crippen molar-refractivity contribution in [3.05, 3.63) is 89.9 Å². The summed E-state index contributed by atoms with van der Waals surface area (Å²) in [5, 5.41) is 7.14. The molecule has 0 aliphatic heterocycles. The first-order valence-corrected chi connectivity index (χ1v) is 13.7. The fourth-order valence-electron chi connectivity index (χ4n) is 4.56. The van der Waals surface area contributed by atoms with Crippen LogP contribution >= 0.6 is 0 Å². The number of benzene rings is 3. The van der Waals surface area contributed by atoms with Crippen molar-refractivity contribution < 1.29 is 18.1 Å². The van der Waals surface area contributed by atoms with Gasteiger partial charge >= 0.3 is 0 Å². The SMILES string of the molecule is COc1cccc(C(Nc2cc(F)c3c(N)nccc3c2)C(=O)NCc2ccccc2S(=O)C2CCC2)c1. The van der Waals surface area contributed by atoms with Crippen molar-refractivity contribution in [3.63, 3.8) is 0 Å². The van der Waals surface area contributed by atoms with Crippen molar-refractivity contribution in [2.45, 2.75) is 42.0 Å². The van der Waals surface area contributed by atoms with E-state index in [2.05, 4.69) is 15.6 Å². The smallest absolute Gasteiger partial charge is 0.247 e. The number of anilines is 2. The number of carbonyl (C=O) groups is 1. The number of aromatic nitrogens is 1. The molecule has 9 heteroatoms. The summed E-state index contributed by atoms with van der Waals surface area (Å²) in [6, 6.07) is 18.5. The summed E-state index contributed by atoms with van der Waals surface area (Å²) >= 11 is 0. The van der Waals surface area contributed by atoms with Gasteiger partial charge < -0.3 is 21.1 Å². The van der Waals surface area contributed by atoms with Gasteiger partial charge in [0.05, 0.1) is 23.3 Å². The number of pyridine rings is 1. The Labute approximate surface area is 223 Å². The molecule has 4 aromatic rings. The van der Waals surface area contributed by atoms with Crippen LogP contribution < -0.4 is 21.1 Å². The highest BCUT2D eigenvalue weighted by molar-refractivity contribution is 7.85. The van der Waals surface area contributed by atoms with Gasteiger partial charge in [0.2, 0.25) is 5.91 Å². The molecule has 2 unspecified atom stereocenters. The summed E-state index contributed by atoms with van der Waals surface area (Å²) in [4.78, 5) is 18.3. The number of rotatable bonds is 9. The van der Waals surface area contributed by atoms with Gasteiger partial charge in [0.25, 0.3) is 0 Å². The number of ether oxygens (including phenoxy) is 1. The molecule has 3 aromatic carbocycles. The largest absolute Gasteiger partial charge is 0.497 e. The molecule has 2 atom stereocenters. The van der Waals surface area contributed by atoms with Crippen LogP contribution in [-0.2, 0) is 22.1 Å². The van der Waals surface area contributed by atoms with Crippen LogP contribution in [0.5, 0.6) is 5.75 Å². The van der Waals surface area contributed by atoms with Gasteiger partial charge in [-0.3, -0.25) is 9.00 Å². The summed E-state index contributed by atoms with van der Waals surface area (Å²) in [6.07, 6.45) is 4.53. The van der Waals surface area contributed by atoms with E-state index >= 15 is 0 Å². The Morgan fingerprint density at radius 2 is 1.97 bits per heavy atom. The number of nitrogen functional groups attached to an aromatic ring is 1. The van der Waals surface area contributed by atoms with Crippen molar-refractivity contribution >= 4 is 39.0 Å². The van der Waals surface area contributed by atoms with Crippen LogP contribution in [0, 0.1) is 5.82 Å². The van der Waals surface area contributed by atoms with Crippen molar-refractivity contribution in [2.24, 2.45) is 0 Å². The topological polar surface area (TPSA) is 106 Å². The third-order valence-corrected chi connectivity index (χ3v) is 8.75. The van der Waals surface area contributed by atoms with Crippen LogP contribution in [0.3, 0.4) is 0 Å². The summed E-state index contributed by atoms with van der Waals surface area (Å²) in [7, 11) is 0.445. The number of fused-ring (bicyclic) bond motifs is 1. The Hall–Kier alpha value is -3.98. The van der Waals surface area contributed by atoms with E-state index in [1.54, 1.807) is 43.5 Å². The Balaban J connectivity index is 1.42. The Morgan fingerprint density at radius 3 is 2.74 bits per heavy atom. The number of methoxy groups -OCH3 is 1. The molecular weight excluding hydrogens is 503 g/mol. The minimum atomic E-state index is -1.11. The van der Waals surface area contributed by atoms with E-state index < -0.39 is 22.7 Å². The number of amides is 1. The highest BCUT2D eigenvalue weighted by Gasteiger charge is 2.27. The number of nitrogens with two attached hydrogens (primary N) is 1. The Bertz CT molecular complexity index is 1510. The van der Waals surface area contributed by atoms with E-state index in [4.69, 9.17) is 10.5 Å². The minimum absolute atomic E-state index is 0.103. The van der Waals surface area contributed by atoms with E-state index in [0.717, 1.165) is 29.7 Å². The second-order valence-electron chi connectivity index (χ2n) is 9.28. The average Bonchev–Trinajstić information content (AvgIpc) is 2.89. The summed E-state index contributed by atoms with van der Waals surface area (Å²) < 4.78 is 33.4. The zero-order valence-electron chi connectivity index (χ0n) is 20.9. The third kappa shape index (κ3) is 5.33. The molecule has 5 rings (SSSR count). The van der Waals surface area contributed by atoms with E-state index in [1.807, 2.05) is 24.3 Å². The molecule has 4 N–H and O–H groups in total. The molecule has 1 saturated carbocycles. The minimum Gasteiger partial charge on any atom is -0.497 e. The lowest BCUT2D eigenvalue weighted by molar-refractivity contribution is -0.122. The monoisotopic (exact) mass is 532 g/mol. The molecular formula is C29H29FN4O3S. The molecule has 0 spiro atoms. The average molecular weight is 533 g/mol. The maximum Gasteiger partial charge on any atom is 0.247 e. The number of hydrogen-bond donors (Lipinski definition) is 3. The first-order valence-electron chi connectivity index (χ1n) is 12.4. The molecule has 1 amide bonds. The quantitative estimate of drug-likeness (QED) is 0.277. The first-order chi connectivity index (χ1) is 18.4. The molecule has 1 aromatic heterocycles. The number of hydrogen-bond acceptors (Lipinski definition) is 6. The van der Waals surface area contributed by atoms with E-state index in [-0.39, 0.29) is 28.9 Å². The van der Waals surface area contributed by atoms with Gasteiger partial charge in [0, 0.05) is 28.6 Å². The summed E-state index contributed by atoms with van der Waals surface area (Å²) in [6.45, 7) is 0.212. The molecule has 1 heterocycles. The van der Waals surface area contributed by atoms with Crippen LogP contribution in [0.25, 0.3) is 10.8 Å². The third-order valence-electron chi connectivity index (χ3n) is 6.84. The lowest BCUT2D eigenvalue weighted by Gasteiger charge is -2.26. The molecule has 1 fully saturated rings. The van der Waals surface area contributed by atoms with Crippen LogP contribution in [0.1, 0.15) is 36.4 Å². The zero-order chi connectivity index (χ0) is 26.6. The maximum absolute atomic E-state index is 15.0. The standard InChI is InChI=1S/C29H29FN4O3S/c1-37-22-8-4-7-19(15-22)27(34-21-14-18-12-13-32-28(31)26(18)24(30)16-21)29(35)33-17-20-6-2-3-11-25(20)38(36)23-9-5-10-23/h2-4,6-8,11-16,23,27,34H,5,9-10,17H2,1H3,(H2,31,32)(H,33,35). The van der Waals surface area contributed by atoms with E-state index in [9.17, 15) is 13.4 Å². The second kappa shape index (κ2) is 11.2. The predicted molar refractivity (Wildman–Crippen MR) is 148 cm³/mol. The number of nitrogens with one attached hydrogen (secondary N) is 2. The first kappa shape index (κ1) is 25.7. The molecule has 0 bridgehead atoms. The normalized spacial score (nSPS) is 14.9. The second-order valence-corrected chi connectivity index (χ2v) is 11.0. The lowest BCUT2D eigenvalue weighted by Crippen LogP contribution is -2.33. The van der Waals surface area contributed by atoms with Gasteiger partial charge in [-0.15, -0.1) is 0 Å². The van der Waals surface area contributed by atoms with E-state index in [1.165, 1.54) is 12.3 Å². The maximum atomic E-state index is 15.0. The Kier molecular flexibility index (Phi) is 7.55. The summed E-state index contributed by atoms with van der Waals surface area (Å²) in [5.41, 5.74) is 7.74. The zero-order valence-corrected chi connectivity index (χ0v) is 21.8. The molecule has 7 nitrogen and oxygen atoms in total. The molecule has 196 valence electrons. The molecule has 38 heavy (non-hydrogen) atoms. The van der Waals surface area contributed by atoms with Gasteiger partial charge in [0.1, 0.15) is 23.4 Å². The fraction of sp³-hybridized carbons (Fsp3) is 0.241. The van der Waals surface area contributed by atoms with Gasteiger partial charge in [-0.25, -0.2) is 9.37 Å². The van der Waals surface area contributed by atoms with Crippen molar-refractivity contribution in [2.75, 3.05) is 18.2 Å². The van der Waals surface area contributed by atoms with Crippen molar-refractivity contribution in [1.29, 1.82) is 0 Å². The van der Waals surface area contributed by atoms with Crippen LogP contribution in [-0.4, -0.2) is 27.5 Å². The lowest BCUT2D eigenvalue weighted by atomic mass is 10.00. The van der Waals surface area contributed by atoms with Crippen LogP contribution in [0.15, 0.2) is 77.8 Å². The number of carbonyl (C=O) groups excluding carboxylic acids is 1. The fourth-order valence-corrected chi connectivity index (χ4v) is 6.29. The van der Waals surface area contributed by atoms with Crippen LogP contribution in [0.4, 0.5) is 15.9 Å². The van der Waals surface area contributed by atoms with E-state index in [0.29, 0.717) is 22.4 Å². The van der Waals surface area contributed by atoms with Gasteiger partial charge in [-0.2, -0.15) is 0 Å².